The molecule has 5 nitrogen and oxygen atoms in total. The molecular formula is C23H21NO4. The fraction of sp³-hybridized carbons (Fsp3) is 0.130. The molecule has 0 saturated carbocycles. The summed E-state index contributed by atoms with van der Waals surface area (Å²) in [4.78, 5) is 24.1. The summed E-state index contributed by atoms with van der Waals surface area (Å²) in [6.45, 7) is 0.400. The first-order chi connectivity index (χ1) is 13.7. The Balaban J connectivity index is 1.46. The van der Waals surface area contributed by atoms with Crippen LogP contribution in [0.5, 0.6) is 5.75 Å². The summed E-state index contributed by atoms with van der Waals surface area (Å²) in [5.41, 5.74) is 2.35. The number of carbonyl (C=O) groups excluding carboxylic acids is 2. The first kappa shape index (κ1) is 19.2. The van der Waals surface area contributed by atoms with E-state index >= 15 is 0 Å². The van der Waals surface area contributed by atoms with Crippen LogP contribution < -0.4 is 10.1 Å². The van der Waals surface area contributed by atoms with Gasteiger partial charge in [0.1, 0.15) is 25.5 Å². The normalized spacial score (nSPS) is 10.1. The van der Waals surface area contributed by atoms with Crippen LogP contribution in [-0.4, -0.2) is 18.4 Å². The number of nitrogens with one attached hydrogen (secondary N) is 1. The fourth-order valence-electron chi connectivity index (χ4n) is 2.51. The van der Waals surface area contributed by atoms with Gasteiger partial charge in [0.15, 0.2) is 0 Å². The molecule has 3 aromatic rings. The Morgan fingerprint density at radius 3 is 2.07 bits per heavy atom. The van der Waals surface area contributed by atoms with Crippen LogP contribution in [0.2, 0.25) is 0 Å². The van der Waals surface area contributed by atoms with Gasteiger partial charge in [0.05, 0.1) is 0 Å². The van der Waals surface area contributed by atoms with Crippen molar-refractivity contribution in [2.45, 2.75) is 13.2 Å². The Morgan fingerprint density at radius 2 is 1.39 bits per heavy atom. The smallest absolute Gasteiger partial charge is 0.325 e. The second-order valence-corrected chi connectivity index (χ2v) is 6.13. The Labute approximate surface area is 163 Å². The standard InChI is InChI=1S/C23H21NO4/c25-22(28-17-19-10-5-2-6-11-19)15-24-23(26)20-12-7-13-21(14-20)27-16-18-8-3-1-4-9-18/h1-14H,15-17H2,(H,24,26)/i15+1,22+1,24+1. The maximum absolute atomic E-state index is 12.3. The van der Waals surface area contributed by atoms with Crippen molar-refractivity contribution in [3.63, 3.8) is 0 Å². The third-order valence-electron chi connectivity index (χ3n) is 3.98. The highest BCUT2D eigenvalue weighted by molar-refractivity contribution is 5.96. The van der Waals surface area contributed by atoms with Crippen LogP contribution in [0.3, 0.4) is 0 Å². The topological polar surface area (TPSA) is 64.6 Å². The van der Waals surface area contributed by atoms with E-state index in [9.17, 15) is 9.59 Å². The van der Waals surface area contributed by atoms with Crippen molar-refractivity contribution in [2.75, 3.05) is 6.54 Å². The molecule has 0 unspecified atom stereocenters. The van der Waals surface area contributed by atoms with Crippen molar-refractivity contribution in [3.8, 4) is 5.75 Å². The molecule has 0 saturated heterocycles. The summed E-state index contributed by atoms with van der Waals surface area (Å²) in [7, 11) is 0. The average molecular weight is 378 g/mol. The Kier molecular flexibility index (Phi) is 6.79. The van der Waals surface area contributed by atoms with E-state index in [0.29, 0.717) is 17.9 Å². The lowest BCUT2D eigenvalue weighted by atomic mass is 10.2. The number of hydrogen-bond donors (Lipinski definition) is 1. The molecule has 1 N–H and O–H groups in total. The van der Waals surface area contributed by atoms with Gasteiger partial charge in [-0.2, -0.15) is 0 Å². The van der Waals surface area contributed by atoms with Crippen molar-refractivity contribution in [3.05, 3.63) is 102 Å². The van der Waals surface area contributed by atoms with E-state index in [-0.39, 0.29) is 19.1 Å². The second kappa shape index (κ2) is 9.92. The fourth-order valence-corrected chi connectivity index (χ4v) is 2.51. The molecule has 3 rings (SSSR count). The van der Waals surface area contributed by atoms with Crippen molar-refractivity contribution in [1.29, 1.82) is 0 Å². The summed E-state index contributed by atoms with van der Waals surface area (Å²) in [6.07, 6.45) is 0. The molecule has 3 aromatic carbocycles. The minimum Gasteiger partial charge on any atom is -0.489 e. The molecule has 5 heteroatoms. The molecule has 0 aromatic heterocycles. The average Bonchev–Trinajstić information content (AvgIpc) is 2.76. The largest absolute Gasteiger partial charge is 0.489 e. The van der Waals surface area contributed by atoms with Crippen LogP contribution in [0, 0.1) is 0 Å². The molecule has 0 aliphatic carbocycles. The Morgan fingerprint density at radius 1 is 0.750 bits per heavy atom. The monoisotopic (exact) mass is 378 g/mol. The zero-order valence-electron chi connectivity index (χ0n) is 15.3. The molecule has 0 aliphatic rings. The summed E-state index contributed by atoms with van der Waals surface area (Å²) in [5, 5.41) is 2.57. The van der Waals surface area contributed by atoms with Crippen molar-refractivity contribution < 1.29 is 19.1 Å². The highest BCUT2D eigenvalue weighted by Gasteiger charge is 2.10. The number of esters is 1. The van der Waals surface area contributed by atoms with Crippen LogP contribution in [0.4, 0.5) is 0 Å². The number of rotatable bonds is 8. The first-order valence-electron chi connectivity index (χ1n) is 8.95. The SMILES string of the molecule is O=C([15NH][13CH2][13C](=O)OCc1ccccc1)c1cccc(OCc2ccccc2)c1. The van der Waals surface area contributed by atoms with E-state index in [2.05, 4.69) is 5.32 Å². The molecular weight excluding hydrogens is 357 g/mol. The minimum atomic E-state index is -0.492. The molecule has 0 radical (unpaired) electrons. The zero-order chi connectivity index (χ0) is 19.6. The van der Waals surface area contributed by atoms with Crippen LogP contribution >= 0.6 is 0 Å². The highest BCUT2D eigenvalue weighted by Crippen LogP contribution is 2.15. The van der Waals surface area contributed by atoms with Crippen LogP contribution in [0.1, 0.15) is 21.5 Å². The van der Waals surface area contributed by atoms with E-state index in [1.54, 1.807) is 24.3 Å². The van der Waals surface area contributed by atoms with Gasteiger partial charge in [0, 0.05) is 5.56 Å². The van der Waals surface area contributed by atoms with Gasteiger partial charge in [-0.25, -0.2) is 0 Å². The van der Waals surface area contributed by atoms with E-state index in [1.807, 2.05) is 60.7 Å². The van der Waals surface area contributed by atoms with Gasteiger partial charge in [0.2, 0.25) is 0 Å². The van der Waals surface area contributed by atoms with Crippen molar-refractivity contribution in [2.24, 2.45) is 0 Å². The van der Waals surface area contributed by atoms with Crippen LogP contribution in [0.15, 0.2) is 84.9 Å². The zero-order valence-corrected chi connectivity index (χ0v) is 15.3. The lowest BCUT2D eigenvalue weighted by molar-refractivity contribution is -0.143. The molecule has 0 fully saturated rings. The quantitative estimate of drug-likeness (QED) is 0.368. The number of ether oxygens (including phenoxy) is 2. The van der Waals surface area contributed by atoms with Crippen molar-refractivity contribution in [1.82, 2.24) is 5.32 Å². The van der Waals surface area contributed by atoms with Gasteiger partial charge in [-0.1, -0.05) is 66.7 Å². The van der Waals surface area contributed by atoms with E-state index in [1.165, 1.54) is 0 Å². The van der Waals surface area contributed by atoms with Gasteiger partial charge in [0.25, 0.3) is 5.91 Å². The van der Waals surface area contributed by atoms with Crippen molar-refractivity contribution >= 4 is 11.9 Å². The summed E-state index contributed by atoms with van der Waals surface area (Å²) in [6, 6.07) is 26.0. The van der Waals surface area contributed by atoms with E-state index in [4.69, 9.17) is 9.47 Å². The van der Waals surface area contributed by atoms with E-state index < -0.39 is 5.97 Å². The summed E-state index contributed by atoms with van der Waals surface area (Å²) >= 11 is 0. The van der Waals surface area contributed by atoms with Crippen LogP contribution in [0.25, 0.3) is 0 Å². The molecule has 0 bridgehead atoms. The van der Waals surface area contributed by atoms with Gasteiger partial charge < -0.3 is 14.8 Å². The first-order valence-corrected chi connectivity index (χ1v) is 8.95. The highest BCUT2D eigenvalue weighted by atomic mass is 16.6. The molecule has 0 spiro atoms. The molecule has 0 heterocycles. The Bertz CT molecular complexity index is 910. The third kappa shape index (κ3) is 5.99. The van der Waals surface area contributed by atoms with Gasteiger partial charge in [-0.3, -0.25) is 9.59 Å². The maximum atomic E-state index is 12.3. The molecule has 142 valence electrons. The lowest BCUT2D eigenvalue weighted by Crippen LogP contribution is -2.30. The molecule has 0 atom stereocenters. The second-order valence-electron chi connectivity index (χ2n) is 6.13. The lowest BCUT2D eigenvalue weighted by Gasteiger charge is -2.09. The Hall–Kier alpha value is -3.60. The van der Waals surface area contributed by atoms with Crippen LogP contribution in [-0.2, 0) is 22.7 Å². The molecule has 28 heavy (non-hydrogen) atoms. The third-order valence-corrected chi connectivity index (χ3v) is 3.98. The number of amides is 1. The number of hydrogen-bond acceptors (Lipinski definition) is 4. The predicted molar refractivity (Wildman–Crippen MR) is 106 cm³/mol. The molecule has 1 amide bonds. The minimum absolute atomic E-state index is 0.179. The van der Waals surface area contributed by atoms with Gasteiger partial charge in [-0.15, -0.1) is 0 Å². The van der Waals surface area contributed by atoms with Gasteiger partial charge in [-0.05, 0) is 29.3 Å². The molecule has 0 aliphatic heterocycles. The predicted octanol–water partition coefficient (Wildman–Crippen LogP) is 3.74. The van der Waals surface area contributed by atoms with Gasteiger partial charge >= 0.3 is 5.97 Å². The summed E-state index contributed by atoms with van der Waals surface area (Å²) in [5.74, 6) is -0.265. The summed E-state index contributed by atoms with van der Waals surface area (Å²) < 4.78 is 10.9. The maximum Gasteiger partial charge on any atom is 0.325 e. The van der Waals surface area contributed by atoms with E-state index in [0.717, 1.165) is 11.1 Å². The number of benzene rings is 3. The number of carbonyl (C=O) groups is 2.